The monoisotopic (exact) mass is 336 g/mol. The van der Waals surface area contributed by atoms with Crippen LogP contribution in [0.25, 0.3) is 0 Å². The third-order valence-electron chi connectivity index (χ3n) is 5.44. The Hall–Kier alpha value is -2.32. The molecule has 1 aliphatic heterocycles. The van der Waals surface area contributed by atoms with Crippen LogP contribution < -0.4 is 4.74 Å². The summed E-state index contributed by atoms with van der Waals surface area (Å²) in [5.74, 6) is 1.93. The van der Waals surface area contributed by atoms with Crippen LogP contribution in [0.1, 0.15) is 60.1 Å². The SMILES string of the molecule is COc1cc(C#N)ccc1CN1CCC[C@H]1c1nc2c([nH]1)CCCC2. The summed E-state index contributed by atoms with van der Waals surface area (Å²) in [6.07, 6.45) is 7.11. The number of hydrogen-bond donors (Lipinski definition) is 1. The zero-order chi connectivity index (χ0) is 17.2. The standard InChI is InChI=1S/C20H24N4O/c1-25-19-11-14(12-21)8-9-15(19)13-24-10-4-7-18(24)20-22-16-5-2-3-6-17(16)23-20/h8-9,11,18H,2-7,10,13H2,1H3,(H,22,23)/t18-/m0/s1. The van der Waals surface area contributed by atoms with Crippen LogP contribution in [0.5, 0.6) is 5.75 Å². The van der Waals surface area contributed by atoms with E-state index in [0.29, 0.717) is 11.6 Å². The summed E-state index contributed by atoms with van der Waals surface area (Å²) in [5.41, 5.74) is 4.40. The molecule has 4 rings (SSSR count). The molecule has 1 aromatic carbocycles. The first-order valence-electron chi connectivity index (χ1n) is 9.17. The predicted molar refractivity (Wildman–Crippen MR) is 95.3 cm³/mol. The molecule has 0 radical (unpaired) electrons. The van der Waals surface area contributed by atoms with Gasteiger partial charge < -0.3 is 9.72 Å². The number of aryl methyl sites for hydroxylation is 2. The lowest BCUT2D eigenvalue weighted by molar-refractivity contribution is 0.237. The van der Waals surface area contributed by atoms with Crippen LogP contribution in [0.4, 0.5) is 0 Å². The molecule has 130 valence electrons. The number of nitrogens with zero attached hydrogens (tertiary/aromatic N) is 3. The molecule has 0 amide bonds. The number of nitriles is 1. The predicted octanol–water partition coefficient (Wildman–Crippen LogP) is 3.51. The van der Waals surface area contributed by atoms with Crippen molar-refractivity contribution in [3.63, 3.8) is 0 Å². The third-order valence-corrected chi connectivity index (χ3v) is 5.44. The molecule has 1 fully saturated rings. The Balaban J connectivity index is 1.56. The van der Waals surface area contributed by atoms with Crippen molar-refractivity contribution in [3.05, 3.63) is 46.5 Å². The van der Waals surface area contributed by atoms with Crippen molar-refractivity contribution in [2.45, 2.75) is 51.1 Å². The van der Waals surface area contributed by atoms with Crippen LogP contribution in [0, 0.1) is 11.3 Å². The van der Waals surface area contributed by atoms with Crippen LogP contribution in [-0.2, 0) is 19.4 Å². The first-order chi connectivity index (χ1) is 12.3. The number of hydrogen-bond acceptors (Lipinski definition) is 4. The Labute approximate surface area is 148 Å². The van der Waals surface area contributed by atoms with E-state index >= 15 is 0 Å². The van der Waals surface area contributed by atoms with E-state index in [1.807, 2.05) is 18.2 Å². The van der Waals surface area contributed by atoms with Crippen LogP contribution in [0.2, 0.25) is 0 Å². The van der Waals surface area contributed by atoms with Crippen LogP contribution in [0.15, 0.2) is 18.2 Å². The van der Waals surface area contributed by atoms with E-state index in [1.165, 1.54) is 30.7 Å². The van der Waals surface area contributed by atoms with Gasteiger partial charge in [-0.2, -0.15) is 5.26 Å². The fraction of sp³-hybridized carbons (Fsp3) is 0.500. The van der Waals surface area contributed by atoms with Gasteiger partial charge in [0.15, 0.2) is 0 Å². The summed E-state index contributed by atoms with van der Waals surface area (Å²) >= 11 is 0. The number of aromatic nitrogens is 2. The van der Waals surface area contributed by atoms with Gasteiger partial charge in [0.2, 0.25) is 0 Å². The molecule has 0 spiro atoms. The number of methoxy groups -OCH3 is 1. The number of rotatable bonds is 4. The number of imidazole rings is 1. The number of aromatic amines is 1. The van der Waals surface area contributed by atoms with Gasteiger partial charge in [-0.1, -0.05) is 6.07 Å². The van der Waals surface area contributed by atoms with Crippen molar-refractivity contribution in [1.29, 1.82) is 5.26 Å². The quantitative estimate of drug-likeness (QED) is 0.928. The summed E-state index contributed by atoms with van der Waals surface area (Å²) in [7, 11) is 1.67. The fourth-order valence-corrected chi connectivity index (χ4v) is 4.12. The summed E-state index contributed by atoms with van der Waals surface area (Å²) in [6, 6.07) is 8.24. The second kappa shape index (κ2) is 6.89. The molecule has 5 nitrogen and oxygen atoms in total. The number of likely N-dealkylation sites (tertiary alicyclic amines) is 1. The molecule has 5 heteroatoms. The molecule has 0 saturated carbocycles. The average molecular weight is 336 g/mol. The van der Waals surface area contributed by atoms with Gasteiger partial charge in [0.1, 0.15) is 11.6 Å². The summed E-state index contributed by atoms with van der Waals surface area (Å²) in [6.45, 7) is 1.89. The lowest BCUT2D eigenvalue weighted by Crippen LogP contribution is -2.24. The molecule has 1 aromatic heterocycles. The molecule has 0 bridgehead atoms. The lowest BCUT2D eigenvalue weighted by Gasteiger charge is -2.24. The lowest BCUT2D eigenvalue weighted by atomic mass is 10.0. The first-order valence-corrected chi connectivity index (χ1v) is 9.17. The van der Waals surface area contributed by atoms with Crippen LogP contribution >= 0.6 is 0 Å². The largest absolute Gasteiger partial charge is 0.496 e. The average Bonchev–Trinajstić information content (AvgIpc) is 3.28. The molecule has 1 saturated heterocycles. The van der Waals surface area contributed by atoms with Gasteiger partial charge in [-0.15, -0.1) is 0 Å². The topological polar surface area (TPSA) is 64.9 Å². The molecule has 1 N–H and O–H groups in total. The molecule has 2 aliphatic rings. The smallest absolute Gasteiger partial charge is 0.124 e. The van der Waals surface area contributed by atoms with Gasteiger partial charge in [-0.05, 0) is 57.2 Å². The minimum Gasteiger partial charge on any atom is -0.496 e. The fourth-order valence-electron chi connectivity index (χ4n) is 4.12. The molecular formula is C20H24N4O. The molecule has 1 aliphatic carbocycles. The Morgan fingerprint density at radius 1 is 1.32 bits per heavy atom. The van der Waals surface area contributed by atoms with Gasteiger partial charge >= 0.3 is 0 Å². The molecular weight excluding hydrogens is 312 g/mol. The van der Waals surface area contributed by atoms with Gasteiger partial charge in [0.25, 0.3) is 0 Å². The first kappa shape index (κ1) is 16.2. The van der Waals surface area contributed by atoms with E-state index in [9.17, 15) is 0 Å². The Bertz CT molecular complexity index is 781. The van der Waals surface area contributed by atoms with E-state index < -0.39 is 0 Å². The number of benzene rings is 1. The highest BCUT2D eigenvalue weighted by molar-refractivity contribution is 5.42. The van der Waals surface area contributed by atoms with E-state index in [-0.39, 0.29) is 0 Å². The zero-order valence-corrected chi connectivity index (χ0v) is 14.7. The number of fused-ring (bicyclic) bond motifs is 1. The molecule has 25 heavy (non-hydrogen) atoms. The van der Waals surface area contributed by atoms with Crippen molar-refractivity contribution in [3.8, 4) is 11.8 Å². The molecule has 0 unspecified atom stereocenters. The Morgan fingerprint density at radius 2 is 2.20 bits per heavy atom. The maximum atomic E-state index is 9.08. The highest BCUT2D eigenvalue weighted by Gasteiger charge is 2.30. The minimum absolute atomic E-state index is 0.353. The van der Waals surface area contributed by atoms with Gasteiger partial charge in [-0.25, -0.2) is 4.98 Å². The highest BCUT2D eigenvalue weighted by Crippen LogP contribution is 2.34. The maximum Gasteiger partial charge on any atom is 0.124 e. The van der Waals surface area contributed by atoms with E-state index in [1.54, 1.807) is 7.11 Å². The van der Waals surface area contributed by atoms with Crippen LogP contribution in [-0.4, -0.2) is 28.5 Å². The number of H-pyrrole nitrogens is 1. The normalized spacial score (nSPS) is 20.2. The van der Waals surface area contributed by atoms with Crippen LogP contribution in [0.3, 0.4) is 0 Å². The summed E-state index contributed by atoms with van der Waals surface area (Å²) < 4.78 is 5.50. The van der Waals surface area contributed by atoms with Crippen molar-refractivity contribution in [2.75, 3.05) is 13.7 Å². The van der Waals surface area contributed by atoms with E-state index in [4.69, 9.17) is 15.0 Å². The second-order valence-corrected chi connectivity index (χ2v) is 7.02. The van der Waals surface area contributed by atoms with Gasteiger partial charge in [-0.3, -0.25) is 4.90 Å². The summed E-state index contributed by atoms with van der Waals surface area (Å²) in [5, 5.41) is 9.08. The van der Waals surface area contributed by atoms with Crippen molar-refractivity contribution in [2.24, 2.45) is 0 Å². The van der Waals surface area contributed by atoms with Crippen molar-refractivity contribution >= 4 is 0 Å². The maximum absolute atomic E-state index is 9.08. The van der Waals surface area contributed by atoms with Crippen molar-refractivity contribution < 1.29 is 4.74 Å². The van der Waals surface area contributed by atoms with E-state index in [0.717, 1.165) is 49.5 Å². The third kappa shape index (κ3) is 3.14. The minimum atomic E-state index is 0.353. The van der Waals surface area contributed by atoms with Gasteiger partial charge in [0, 0.05) is 17.8 Å². The Kier molecular flexibility index (Phi) is 4.46. The van der Waals surface area contributed by atoms with Gasteiger partial charge in [0.05, 0.1) is 30.5 Å². The molecule has 1 atom stereocenters. The number of ether oxygens (including phenoxy) is 1. The number of nitrogens with one attached hydrogen (secondary N) is 1. The van der Waals surface area contributed by atoms with E-state index in [2.05, 4.69) is 16.0 Å². The molecule has 2 aromatic rings. The summed E-state index contributed by atoms with van der Waals surface area (Å²) in [4.78, 5) is 11.0. The Morgan fingerprint density at radius 3 is 3.00 bits per heavy atom. The van der Waals surface area contributed by atoms with Crippen molar-refractivity contribution in [1.82, 2.24) is 14.9 Å². The second-order valence-electron chi connectivity index (χ2n) is 7.02. The molecule has 2 heterocycles. The highest BCUT2D eigenvalue weighted by atomic mass is 16.5. The zero-order valence-electron chi connectivity index (χ0n) is 14.7.